The summed E-state index contributed by atoms with van der Waals surface area (Å²) in [4.78, 5) is 0.313. The maximum absolute atomic E-state index is 11.2. The number of hydrogen-bond donors (Lipinski definition) is 2. The smallest absolute Gasteiger partial charge is 0.175 e. The van der Waals surface area contributed by atoms with Crippen LogP contribution in [-0.2, 0) is 9.84 Å². The summed E-state index contributed by atoms with van der Waals surface area (Å²) in [5, 5.41) is 12.2. The second-order valence-corrected chi connectivity index (χ2v) is 5.88. The van der Waals surface area contributed by atoms with Crippen molar-refractivity contribution < 1.29 is 13.5 Å². The van der Waals surface area contributed by atoms with Crippen LogP contribution >= 0.6 is 0 Å². The van der Waals surface area contributed by atoms with Crippen molar-refractivity contribution in [2.75, 3.05) is 18.1 Å². The predicted octanol–water partition coefficient (Wildman–Crippen LogP) is 1.27. The third kappa shape index (κ3) is 4.20. The molecule has 0 aliphatic rings. The minimum absolute atomic E-state index is 0.313. The van der Waals surface area contributed by atoms with Crippen LogP contribution in [0.15, 0.2) is 29.2 Å². The lowest BCUT2D eigenvalue weighted by atomic mass is 10.2. The summed E-state index contributed by atoms with van der Waals surface area (Å²) in [6.07, 6.45) is 1.51. The third-order valence-electron chi connectivity index (χ3n) is 2.17. The van der Waals surface area contributed by atoms with Crippen LogP contribution in [0.2, 0.25) is 0 Å². The molecule has 0 aliphatic carbocycles. The van der Waals surface area contributed by atoms with E-state index in [-0.39, 0.29) is 6.10 Å². The summed E-state index contributed by atoms with van der Waals surface area (Å²) in [7, 11) is -3.12. The Bertz CT molecular complexity index is 423. The summed E-state index contributed by atoms with van der Waals surface area (Å²) in [6, 6.07) is 6.58. The zero-order valence-electron chi connectivity index (χ0n) is 9.47. The lowest BCUT2D eigenvalue weighted by molar-refractivity contribution is 0.189. The Morgan fingerprint density at radius 2 is 1.88 bits per heavy atom. The molecule has 0 amide bonds. The molecule has 1 rings (SSSR count). The van der Waals surface area contributed by atoms with Crippen LogP contribution < -0.4 is 5.32 Å². The maximum Gasteiger partial charge on any atom is 0.175 e. The van der Waals surface area contributed by atoms with E-state index < -0.39 is 9.84 Å². The van der Waals surface area contributed by atoms with Crippen molar-refractivity contribution in [1.29, 1.82) is 0 Å². The van der Waals surface area contributed by atoms with Crippen molar-refractivity contribution in [3.05, 3.63) is 24.3 Å². The average molecular weight is 243 g/mol. The van der Waals surface area contributed by atoms with E-state index in [0.29, 0.717) is 17.9 Å². The second kappa shape index (κ2) is 5.32. The Labute approximate surface area is 96.2 Å². The first-order valence-electron chi connectivity index (χ1n) is 5.11. The molecule has 0 saturated carbocycles. The first-order chi connectivity index (χ1) is 7.39. The summed E-state index contributed by atoms with van der Waals surface area (Å²) in [5.74, 6) is 0. The van der Waals surface area contributed by atoms with Crippen LogP contribution in [0.25, 0.3) is 0 Å². The third-order valence-corrected chi connectivity index (χ3v) is 3.30. The zero-order valence-corrected chi connectivity index (χ0v) is 10.3. The van der Waals surface area contributed by atoms with E-state index in [1.807, 2.05) is 0 Å². The summed E-state index contributed by atoms with van der Waals surface area (Å²) < 4.78 is 22.4. The summed E-state index contributed by atoms with van der Waals surface area (Å²) >= 11 is 0. The van der Waals surface area contributed by atoms with E-state index in [2.05, 4.69) is 5.32 Å². The second-order valence-electron chi connectivity index (χ2n) is 3.86. The number of hydrogen-bond acceptors (Lipinski definition) is 4. The van der Waals surface area contributed by atoms with Gasteiger partial charge in [0.05, 0.1) is 11.0 Å². The van der Waals surface area contributed by atoms with Gasteiger partial charge in [0.1, 0.15) is 0 Å². The van der Waals surface area contributed by atoms with Gasteiger partial charge in [0.25, 0.3) is 0 Å². The van der Waals surface area contributed by atoms with Gasteiger partial charge in [-0.25, -0.2) is 8.42 Å². The fourth-order valence-corrected chi connectivity index (χ4v) is 1.88. The van der Waals surface area contributed by atoms with Gasteiger partial charge < -0.3 is 10.4 Å². The molecule has 0 aromatic heterocycles. The molecule has 16 heavy (non-hydrogen) atoms. The van der Waals surface area contributed by atoms with E-state index in [4.69, 9.17) is 5.11 Å². The van der Waals surface area contributed by atoms with E-state index >= 15 is 0 Å². The Morgan fingerprint density at radius 1 is 1.31 bits per heavy atom. The monoisotopic (exact) mass is 243 g/mol. The average Bonchev–Trinajstić information content (AvgIpc) is 2.16. The van der Waals surface area contributed by atoms with Crippen LogP contribution in [-0.4, -0.2) is 32.4 Å². The topological polar surface area (TPSA) is 66.4 Å². The number of benzene rings is 1. The Morgan fingerprint density at radius 3 is 2.31 bits per heavy atom. The molecular formula is C11H17NO3S. The molecule has 1 aromatic carbocycles. The van der Waals surface area contributed by atoms with Gasteiger partial charge >= 0.3 is 0 Å². The molecule has 0 bridgehead atoms. The van der Waals surface area contributed by atoms with Crippen LogP contribution in [0, 0.1) is 0 Å². The quantitative estimate of drug-likeness (QED) is 0.817. The van der Waals surface area contributed by atoms with E-state index in [0.717, 1.165) is 5.69 Å². The van der Waals surface area contributed by atoms with Crippen LogP contribution in [0.3, 0.4) is 0 Å². The van der Waals surface area contributed by atoms with Crippen molar-refractivity contribution in [2.45, 2.75) is 24.3 Å². The number of aliphatic hydroxyl groups excluding tert-OH is 1. The highest BCUT2D eigenvalue weighted by Gasteiger charge is 2.05. The molecule has 90 valence electrons. The first kappa shape index (κ1) is 13.0. The van der Waals surface area contributed by atoms with Crippen molar-refractivity contribution in [3.8, 4) is 0 Å². The summed E-state index contributed by atoms with van der Waals surface area (Å²) in [5.41, 5.74) is 0.855. The van der Waals surface area contributed by atoms with Gasteiger partial charge in [0, 0.05) is 18.5 Å². The molecule has 4 nitrogen and oxygen atoms in total. The van der Waals surface area contributed by atoms with Gasteiger partial charge in [-0.15, -0.1) is 0 Å². The molecule has 0 aliphatic heterocycles. The molecule has 0 spiro atoms. The molecule has 5 heteroatoms. The van der Waals surface area contributed by atoms with E-state index in [1.54, 1.807) is 31.2 Å². The fourth-order valence-electron chi connectivity index (χ4n) is 1.25. The first-order valence-corrected chi connectivity index (χ1v) is 7.01. The lowest BCUT2D eigenvalue weighted by Crippen LogP contribution is -2.09. The van der Waals surface area contributed by atoms with E-state index in [9.17, 15) is 8.42 Å². The molecule has 2 N–H and O–H groups in total. The molecule has 0 heterocycles. The van der Waals surface area contributed by atoms with Crippen molar-refractivity contribution in [1.82, 2.24) is 0 Å². The fraction of sp³-hybridized carbons (Fsp3) is 0.455. The highest BCUT2D eigenvalue weighted by Crippen LogP contribution is 2.13. The molecular weight excluding hydrogens is 226 g/mol. The minimum atomic E-state index is -3.12. The maximum atomic E-state index is 11.2. The van der Waals surface area contributed by atoms with Crippen molar-refractivity contribution >= 4 is 15.5 Å². The van der Waals surface area contributed by atoms with Gasteiger partial charge in [-0.2, -0.15) is 0 Å². The highest BCUT2D eigenvalue weighted by atomic mass is 32.2. The van der Waals surface area contributed by atoms with Crippen LogP contribution in [0.4, 0.5) is 5.69 Å². The standard InChI is InChI=1S/C11H17NO3S/c1-9(13)7-8-12-10-3-5-11(6-4-10)16(2,14)15/h3-6,9,12-13H,7-8H2,1-2H3. The van der Waals surface area contributed by atoms with Crippen LogP contribution in [0.5, 0.6) is 0 Å². The molecule has 1 aromatic rings. The Balaban J connectivity index is 2.59. The van der Waals surface area contributed by atoms with Gasteiger partial charge in [-0.3, -0.25) is 0 Å². The highest BCUT2D eigenvalue weighted by molar-refractivity contribution is 7.90. The number of nitrogens with one attached hydrogen (secondary N) is 1. The number of rotatable bonds is 5. The predicted molar refractivity (Wildman–Crippen MR) is 64.3 cm³/mol. The Kier molecular flexibility index (Phi) is 4.32. The SMILES string of the molecule is CC(O)CCNc1ccc(S(C)(=O)=O)cc1. The summed E-state index contributed by atoms with van der Waals surface area (Å²) in [6.45, 7) is 2.39. The lowest BCUT2D eigenvalue weighted by Gasteiger charge is -2.08. The molecule has 0 saturated heterocycles. The van der Waals surface area contributed by atoms with Crippen molar-refractivity contribution in [3.63, 3.8) is 0 Å². The normalized spacial score (nSPS) is 13.4. The molecule has 1 atom stereocenters. The zero-order chi connectivity index (χ0) is 12.2. The molecule has 1 unspecified atom stereocenters. The van der Waals surface area contributed by atoms with Gasteiger partial charge in [-0.05, 0) is 37.6 Å². The molecule has 0 fully saturated rings. The number of anilines is 1. The van der Waals surface area contributed by atoms with Gasteiger partial charge in [0.2, 0.25) is 0 Å². The van der Waals surface area contributed by atoms with E-state index in [1.165, 1.54) is 6.26 Å². The Hall–Kier alpha value is -1.07. The van der Waals surface area contributed by atoms with Crippen LogP contribution in [0.1, 0.15) is 13.3 Å². The van der Waals surface area contributed by atoms with Crippen molar-refractivity contribution in [2.24, 2.45) is 0 Å². The largest absolute Gasteiger partial charge is 0.393 e. The number of sulfone groups is 1. The number of aliphatic hydroxyl groups is 1. The minimum Gasteiger partial charge on any atom is -0.393 e. The molecule has 0 radical (unpaired) electrons. The van der Waals surface area contributed by atoms with Gasteiger partial charge in [-0.1, -0.05) is 0 Å². The van der Waals surface area contributed by atoms with Gasteiger partial charge in [0.15, 0.2) is 9.84 Å².